The second-order valence-electron chi connectivity index (χ2n) is 4.21. The normalized spacial score (nSPS) is 32.6. The first-order valence-electron chi connectivity index (χ1n) is 6.56. The first kappa shape index (κ1) is 10.0. The Morgan fingerprint density at radius 3 is 2.95 bits per heavy atom. The lowest BCUT2D eigenvalue weighted by molar-refractivity contribution is -0.0511. The molecule has 0 amide bonds. The van der Waals surface area contributed by atoms with Gasteiger partial charge in [0, 0.05) is 0 Å². The van der Waals surface area contributed by atoms with Gasteiger partial charge >= 0.3 is 0 Å². The Morgan fingerprint density at radius 1 is 1.47 bits per heavy atom. The first-order chi connectivity index (χ1) is 9.93. The Morgan fingerprint density at radius 2 is 2.26 bits per heavy atom. The molecule has 19 heavy (non-hydrogen) atoms. The van der Waals surface area contributed by atoms with E-state index >= 15 is 0 Å². The summed E-state index contributed by atoms with van der Waals surface area (Å²) in [6, 6.07) is 0. The number of nitrogens with zero attached hydrogens (tertiary/aromatic N) is 3. The standard InChI is InChI=1S/C10H13N5O4/c11-8-5-9(13-2-12-8)15(3-14-5)10-7(18)6(17)4(1-16)19-10/h2-4,6-7,10,16-18H,1H2,(H2,11,12,13)/t4-,6-,7-,10-/m1/s1/i2D,3D. The second kappa shape index (κ2) is 4.38. The Hall–Kier alpha value is -1.81. The number of ether oxygens (including phenoxy) is 1. The van der Waals surface area contributed by atoms with Crippen LogP contribution in [0.4, 0.5) is 0 Å². The summed E-state index contributed by atoms with van der Waals surface area (Å²) in [5, 5.41) is 36.5. The van der Waals surface area contributed by atoms with E-state index in [4.69, 9.17) is 18.0 Å². The van der Waals surface area contributed by atoms with Crippen LogP contribution >= 0.6 is 0 Å². The highest BCUT2D eigenvalue weighted by atomic mass is 16.6. The average Bonchev–Trinajstić information content (AvgIpc) is 2.89. The quantitative estimate of drug-likeness (QED) is 0.421. The molecule has 9 nitrogen and oxygen atoms in total. The molecule has 3 heterocycles. The molecule has 0 spiro atoms. The van der Waals surface area contributed by atoms with Gasteiger partial charge in [-0.1, -0.05) is 0 Å². The number of aliphatic hydroxyl groups is 3. The zero-order valence-corrected chi connectivity index (χ0v) is 9.61. The van der Waals surface area contributed by atoms with E-state index in [1.54, 1.807) is 0 Å². The van der Waals surface area contributed by atoms with Gasteiger partial charge in [-0.15, -0.1) is 0 Å². The van der Waals surface area contributed by atoms with Crippen molar-refractivity contribution in [1.29, 1.82) is 5.41 Å². The fourth-order valence-corrected chi connectivity index (χ4v) is 2.07. The minimum absolute atomic E-state index is 0.0498. The van der Waals surface area contributed by atoms with E-state index in [1.807, 2.05) is 0 Å². The van der Waals surface area contributed by atoms with Gasteiger partial charge in [0.05, 0.1) is 19.2 Å². The van der Waals surface area contributed by atoms with Gasteiger partial charge in [0.15, 0.2) is 11.7 Å². The summed E-state index contributed by atoms with van der Waals surface area (Å²) in [6.07, 6.45) is -5.47. The monoisotopic (exact) mass is 269 g/mol. The number of aromatic nitrogens is 4. The summed E-state index contributed by atoms with van der Waals surface area (Å²) >= 11 is 0. The van der Waals surface area contributed by atoms with Gasteiger partial charge in [0.2, 0.25) is 0 Å². The Kier molecular flexibility index (Phi) is 2.32. The smallest absolute Gasteiger partial charge is 0.176 e. The zero-order chi connectivity index (χ0) is 15.3. The minimum atomic E-state index is -1.38. The summed E-state index contributed by atoms with van der Waals surface area (Å²) in [5.41, 5.74) is -0.124. The van der Waals surface area contributed by atoms with Crippen LogP contribution in [-0.2, 0) is 4.74 Å². The number of hydrogen-bond donors (Lipinski definition) is 5. The van der Waals surface area contributed by atoms with Crippen LogP contribution in [0.2, 0.25) is 0 Å². The SMILES string of the molecule is [2H]c1nc(=N)c2nc([2H])n([C@@H]3O[C@H](CO)[C@@H](O)[C@H]3O)c2[nH]1. The molecule has 3 rings (SSSR count). The Balaban J connectivity index is 2.17. The van der Waals surface area contributed by atoms with Crippen molar-refractivity contribution < 1.29 is 22.8 Å². The van der Waals surface area contributed by atoms with Gasteiger partial charge in [0.1, 0.15) is 32.2 Å². The third kappa shape index (κ3) is 1.75. The van der Waals surface area contributed by atoms with Crippen LogP contribution < -0.4 is 5.49 Å². The molecular weight excluding hydrogens is 254 g/mol. The summed E-state index contributed by atoms with van der Waals surface area (Å²) in [4.78, 5) is 9.96. The molecule has 1 aliphatic rings. The molecule has 5 N–H and O–H groups in total. The average molecular weight is 269 g/mol. The van der Waals surface area contributed by atoms with E-state index in [9.17, 15) is 10.2 Å². The summed E-state index contributed by atoms with van der Waals surface area (Å²) in [5.74, 6) is 0. The van der Waals surface area contributed by atoms with Crippen molar-refractivity contribution in [1.82, 2.24) is 19.5 Å². The molecule has 0 aromatic carbocycles. The predicted molar refractivity (Wildman–Crippen MR) is 60.7 cm³/mol. The molecule has 1 saturated heterocycles. The van der Waals surface area contributed by atoms with Gasteiger partial charge in [0.25, 0.3) is 0 Å². The summed E-state index contributed by atoms with van der Waals surface area (Å²) in [7, 11) is 0. The molecule has 4 atom stereocenters. The highest BCUT2D eigenvalue weighted by molar-refractivity contribution is 5.68. The molecule has 0 bridgehead atoms. The molecule has 2 aromatic rings. The summed E-state index contributed by atoms with van der Waals surface area (Å²) < 4.78 is 21.8. The van der Waals surface area contributed by atoms with Crippen molar-refractivity contribution in [2.24, 2.45) is 0 Å². The van der Waals surface area contributed by atoms with Crippen molar-refractivity contribution in [2.45, 2.75) is 24.5 Å². The highest BCUT2D eigenvalue weighted by Gasteiger charge is 2.43. The molecule has 0 radical (unpaired) electrons. The van der Waals surface area contributed by atoms with Gasteiger partial charge in [-0.2, -0.15) is 0 Å². The van der Waals surface area contributed by atoms with E-state index in [-0.39, 0.29) is 29.3 Å². The maximum absolute atomic E-state index is 10.0. The number of nitrogens with one attached hydrogen (secondary N) is 2. The number of hydrogen-bond acceptors (Lipinski definition) is 7. The van der Waals surface area contributed by atoms with Gasteiger partial charge in [-0.25, -0.2) is 9.97 Å². The second-order valence-corrected chi connectivity index (χ2v) is 4.21. The van der Waals surface area contributed by atoms with Crippen LogP contribution in [0, 0.1) is 5.41 Å². The lowest BCUT2D eigenvalue weighted by atomic mass is 10.1. The van der Waals surface area contributed by atoms with Gasteiger partial charge in [-0.05, 0) is 0 Å². The maximum atomic E-state index is 10.0. The van der Waals surface area contributed by atoms with Crippen LogP contribution in [0.3, 0.4) is 0 Å². The number of aliphatic hydroxyl groups excluding tert-OH is 3. The predicted octanol–water partition coefficient (Wildman–Crippen LogP) is -2.15. The third-order valence-electron chi connectivity index (χ3n) is 3.07. The Bertz CT molecular complexity index is 747. The highest BCUT2D eigenvalue weighted by Crippen LogP contribution is 2.30. The van der Waals surface area contributed by atoms with Crippen molar-refractivity contribution in [2.75, 3.05) is 6.61 Å². The number of aromatic amines is 1. The molecule has 0 unspecified atom stereocenters. The lowest BCUT2D eigenvalue weighted by Crippen LogP contribution is -2.33. The van der Waals surface area contributed by atoms with Crippen LogP contribution in [0.5, 0.6) is 0 Å². The van der Waals surface area contributed by atoms with Crippen molar-refractivity contribution in [3.63, 3.8) is 0 Å². The largest absolute Gasteiger partial charge is 0.394 e. The zero-order valence-electron chi connectivity index (χ0n) is 11.6. The number of imidazole rings is 1. The van der Waals surface area contributed by atoms with E-state index in [0.717, 1.165) is 4.57 Å². The minimum Gasteiger partial charge on any atom is -0.394 e. The fraction of sp³-hybridized carbons (Fsp3) is 0.500. The molecule has 9 heteroatoms. The van der Waals surface area contributed by atoms with E-state index in [1.165, 1.54) is 0 Å². The van der Waals surface area contributed by atoms with E-state index in [0.29, 0.717) is 0 Å². The number of rotatable bonds is 2. The number of H-pyrrole nitrogens is 1. The van der Waals surface area contributed by atoms with Crippen molar-refractivity contribution in [3.8, 4) is 0 Å². The molecule has 0 aliphatic carbocycles. The number of fused-ring (bicyclic) bond motifs is 1. The lowest BCUT2D eigenvalue weighted by Gasteiger charge is -2.16. The van der Waals surface area contributed by atoms with E-state index in [2.05, 4.69) is 15.0 Å². The van der Waals surface area contributed by atoms with E-state index < -0.39 is 31.1 Å². The van der Waals surface area contributed by atoms with Crippen LogP contribution in [0.15, 0.2) is 12.6 Å². The van der Waals surface area contributed by atoms with Crippen molar-refractivity contribution >= 4 is 11.2 Å². The fourth-order valence-electron chi connectivity index (χ4n) is 2.07. The molecule has 1 fully saturated rings. The van der Waals surface area contributed by atoms with Gasteiger partial charge in [-0.3, -0.25) is 9.98 Å². The van der Waals surface area contributed by atoms with Gasteiger partial charge < -0.3 is 25.0 Å². The Labute approximate surface area is 109 Å². The molecular formula is C10H13N5O4. The maximum Gasteiger partial charge on any atom is 0.176 e. The van der Waals surface area contributed by atoms with Crippen LogP contribution in [0.1, 0.15) is 8.97 Å². The molecule has 1 aliphatic heterocycles. The van der Waals surface area contributed by atoms with Crippen LogP contribution in [0.25, 0.3) is 11.2 Å². The molecule has 2 aromatic heterocycles. The molecule has 102 valence electrons. The van der Waals surface area contributed by atoms with Crippen LogP contribution in [-0.4, -0.2) is 59.8 Å². The van der Waals surface area contributed by atoms with Crippen molar-refractivity contribution in [3.05, 3.63) is 18.1 Å². The molecule has 0 saturated carbocycles. The third-order valence-corrected chi connectivity index (χ3v) is 3.07. The first-order valence-corrected chi connectivity index (χ1v) is 5.56. The summed E-state index contributed by atoms with van der Waals surface area (Å²) in [6.45, 7) is -0.493. The topological polar surface area (TPSA) is 140 Å².